The Morgan fingerprint density at radius 3 is 2.52 bits per heavy atom. The lowest BCUT2D eigenvalue weighted by atomic mass is 10.2. The molecule has 0 atom stereocenters. The van der Waals surface area contributed by atoms with Gasteiger partial charge in [-0.3, -0.25) is 4.40 Å². The third kappa shape index (κ3) is 2.34. The van der Waals surface area contributed by atoms with Crippen molar-refractivity contribution in [2.75, 3.05) is 0 Å². The smallest absolute Gasteiger partial charge is 0.351 e. The quantitative estimate of drug-likeness (QED) is 0.402. The van der Waals surface area contributed by atoms with Gasteiger partial charge >= 0.3 is 15.6 Å². The first-order chi connectivity index (χ1) is 10.6. The van der Waals surface area contributed by atoms with E-state index in [1.165, 1.54) is 0 Å². The number of hydrogen-bond acceptors (Lipinski definition) is 5. The lowest BCUT2D eigenvalue weighted by Gasteiger charge is -2.11. The molecule has 0 spiro atoms. The number of alkyl halides is 3. The number of nitrogens with zero attached hydrogens (tertiary/aromatic N) is 3. The third-order valence-corrected chi connectivity index (χ3v) is 3.76. The first-order valence-electron chi connectivity index (χ1n) is 5.73. The van der Waals surface area contributed by atoms with Crippen LogP contribution in [0.15, 0.2) is 24.5 Å². The third-order valence-electron chi connectivity index (χ3n) is 2.81. The number of benzene rings is 1. The SMILES string of the molecule is O=S(=O)(Oc1nc2ccc(F)c(F)c2n2ccnc12)C(F)(F)F. The summed E-state index contributed by atoms with van der Waals surface area (Å²) < 4.78 is 91.3. The average molecular weight is 353 g/mol. The van der Waals surface area contributed by atoms with Crippen LogP contribution in [0.1, 0.15) is 0 Å². The van der Waals surface area contributed by atoms with Crippen molar-refractivity contribution >= 4 is 26.8 Å². The molecule has 2 heterocycles. The maximum atomic E-state index is 13.9. The number of rotatable bonds is 2. The highest BCUT2D eigenvalue weighted by Gasteiger charge is 2.49. The summed E-state index contributed by atoms with van der Waals surface area (Å²) >= 11 is 0. The van der Waals surface area contributed by atoms with E-state index in [1.807, 2.05) is 0 Å². The van der Waals surface area contributed by atoms with Gasteiger partial charge in [0.15, 0.2) is 11.6 Å². The second-order valence-corrected chi connectivity index (χ2v) is 5.79. The second kappa shape index (κ2) is 4.75. The molecular weight excluding hydrogens is 349 g/mol. The lowest BCUT2D eigenvalue weighted by Crippen LogP contribution is -2.28. The van der Waals surface area contributed by atoms with Crippen molar-refractivity contribution in [3.05, 3.63) is 36.2 Å². The van der Waals surface area contributed by atoms with Crippen molar-refractivity contribution in [2.24, 2.45) is 0 Å². The van der Waals surface area contributed by atoms with E-state index in [0.29, 0.717) is 6.07 Å². The minimum Gasteiger partial charge on any atom is -0.351 e. The molecule has 3 rings (SSSR count). The van der Waals surface area contributed by atoms with Crippen molar-refractivity contribution in [3.63, 3.8) is 0 Å². The van der Waals surface area contributed by atoms with Gasteiger partial charge in [-0.15, -0.1) is 0 Å². The van der Waals surface area contributed by atoms with Crippen LogP contribution in [0.4, 0.5) is 22.0 Å². The molecule has 0 saturated carbocycles. The Morgan fingerprint density at radius 1 is 1.17 bits per heavy atom. The summed E-state index contributed by atoms with van der Waals surface area (Å²) in [6.07, 6.45) is 2.13. The van der Waals surface area contributed by atoms with E-state index in [0.717, 1.165) is 22.9 Å². The standard InChI is InChI=1S/C11H4F5N3O3S/c12-5-1-2-6-8(7(5)13)19-4-3-17-9(19)10(18-6)22-23(20,21)11(14,15)16/h1-4H. The molecule has 0 N–H and O–H groups in total. The molecule has 0 bridgehead atoms. The fourth-order valence-electron chi connectivity index (χ4n) is 1.86. The highest BCUT2D eigenvalue weighted by Crippen LogP contribution is 2.30. The average Bonchev–Trinajstić information content (AvgIpc) is 2.91. The monoisotopic (exact) mass is 353 g/mol. The van der Waals surface area contributed by atoms with Crippen molar-refractivity contribution in [2.45, 2.75) is 5.51 Å². The van der Waals surface area contributed by atoms with Gasteiger partial charge in [-0.05, 0) is 12.1 Å². The molecule has 23 heavy (non-hydrogen) atoms. The van der Waals surface area contributed by atoms with Gasteiger partial charge in [-0.2, -0.15) is 21.6 Å². The minimum absolute atomic E-state index is 0.318. The van der Waals surface area contributed by atoms with Crippen molar-refractivity contribution in [1.82, 2.24) is 14.4 Å². The van der Waals surface area contributed by atoms with Gasteiger partial charge in [0, 0.05) is 12.4 Å². The largest absolute Gasteiger partial charge is 0.534 e. The zero-order valence-corrected chi connectivity index (χ0v) is 11.5. The molecular formula is C11H4F5N3O3S. The van der Waals surface area contributed by atoms with Gasteiger partial charge in [0.25, 0.3) is 5.88 Å². The maximum Gasteiger partial charge on any atom is 0.534 e. The van der Waals surface area contributed by atoms with Crippen LogP contribution >= 0.6 is 0 Å². The van der Waals surface area contributed by atoms with E-state index < -0.39 is 44.3 Å². The summed E-state index contributed by atoms with van der Waals surface area (Å²) in [6.45, 7) is 0. The first kappa shape index (κ1) is 15.4. The van der Waals surface area contributed by atoms with Crippen molar-refractivity contribution < 1.29 is 34.6 Å². The molecule has 0 saturated heterocycles. The molecule has 12 heteroatoms. The lowest BCUT2D eigenvalue weighted by molar-refractivity contribution is -0.0500. The van der Waals surface area contributed by atoms with Crippen LogP contribution in [0, 0.1) is 11.6 Å². The van der Waals surface area contributed by atoms with E-state index in [4.69, 9.17) is 0 Å². The Hall–Kier alpha value is -2.50. The summed E-state index contributed by atoms with van der Waals surface area (Å²) in [5, 5.41) is 0. The molecule has 2 aromatic heterocycles. The van der Waals surface area contributed by atoms with Gasteiger partial charge < -0.3 is 4.18 Å². The predicted molar refractivity (Wildman–Crippen MR) is 66.0 cm³/mol. The van der Waals surface area contributed by atoms with Crippen LogP contribution < -0.4 is 4.18 Å². The van der Waals surface area contributed by atoms with E-state index in [9.17, 15) is 30.4 Å². The van der Waals surface area contributed by atoms with Crippen LogP contribution in [-0.4, -0.2) is 28.3 Å². The fraction of sp³-hybridized carbons (Fsp3) is 0.0909. The van der Waals surface area contributed by atoms with E-state index in [-0.39, 0.29) is 5.52 Å². The molecule has 0 aliphatic heterocycles. The van der Waals surface area contributed by atoms with Crippen LogP contribution in [0.5, 0.6) is 5.88 Å². The number of aromatic nitrogens is 3. The molecule has 1 aromatic carbocycles. The number of halogens is 5. The summed E-state index contributed by atoms with van der Waals surface area (Å²) in [6, 6.07) is 1.65. The van der Waals surface area contributed by atoms with E-state index in [2.05, 4.69) is 14.2 Å². The van der Waals surface area contributed by atoms with Gasteiger partial charge in [-0.1, -0.05) is 0 Å². The van der Waals surface area contributed by atoms with Gasteiger partial charge in [0.1, 0.15) is 5.52 Å². The van der Waals surface area contributed by atoms with Gasteiger partial charge in [-0.25, -0.2) is 18.7 Å². The molecule has 0 unspecified atom stereocenters. The number of imidazole rings is 1. The predicted octanol–water partition coefficient (Wildman–Crippen LogP) is 2.39. The summed E-state index contributed by atoms with van der Waals surface area (Å²) in [4.78, 5) is 7.05. The molecule has 0 aliphatic carbocycles. The summed E-state index contributed by atoms with van der Waals surface area (Å²) in [5.74, 6) is -3.54. The zero-order valence-electron chi connectivity index (χ0n) is 10.7. The number of hydrogen-bond donors (Lipinski definition) is 0. The fourth-order valence-corrected chi connectivity index (χ4v) is 2.27. The molecule has 0 amide bonds. The Kier molecular flexibility index (Phi) is 3.18. The van der Waals surface area contributed by atoms with Crippen LogP contribution in [0.25, 0.3) is 16.7 Å². The van der Waals surface area contributed by atoms with Crippen LogP contribution in [0.2, 0.25) is 0 Å². The molecule has 0 fully saturated rings. The second-order valence-electron chi connectivity index (χ2n) is 4.25. The molecule has 122 valence electrons. The summed E-state index contributed by atoms with van der Waals surface area (Å²) in [5.41, 5.74) is -6.94. The van der Waals surface area contributed by atoms with Gasteiger partial charge in [0.2, 0.25) is 5.65 Å². The molecule has 0 radical (unpaired) electrons. The zero-order chi connectivity index (χ0) is 17.0. The highest BCUT2D eigenvalue weighted by molar-refractivity contribution is 7.88. The first-order valence-corrected chi connectivity index (χ1v) is 7.14. The Labute approximate surface area is 124 Å². The van der Waals surface area contributed by atoms with Gasteiger partial charge in [0.05, 0.1) is 5.52 Å². The van der Waals surface area contributed by atoms with Crippen molar-refractivity contribution in [3.8, 4) is 5.88 Å². The normalized spacial score (nSPS) is 12.9. The molecule has 3 aromatic rings. The minimum atomic E-state index is -5.99. The van der Waals surface area contributed by atoms with Crippen molar-refractivity contribution in [1.29, 1.82) is 0 Å². The maximum absolute atomic E-state index is 13.9. The van der Waals surface area contributed by atoms with Crippen LogP contribution in [-0.2, 0) is 10.1 Å². The summed E-state index contributed by atoms with van der Waals surface area (Å²) in [7, 11) is -5.99. The molecule has 0 aliphatic rings. The highest BCUT2D eigenvalue weighted by atomic mass is 32.2. The Bertz CT molecular complexity index is 1030. The Balaban J connectivity index is 2.31. The Morgan fingerprint density at radius 2 is 1.87 bits per heavy atom. The topological polar surface area (TPSA) is 73.6 Å². The number of fused-ring (bicyclic) bond motifs is 3. The van der Waals surface area contributed by atoms with E-state index in [1.54, 1.807) is 0 Å². The van der Waals surface area contributed by atoms with Crippen LogP contribution in [0.3, 0.4) is 0 Å². The van der Waals surface area contributed by atoms with E-state index >= 15 is 0 Å². The molecule has 6 nitrogen and oxygen atoms in total.